The molecule has 4 aromatic carbocycles. The fourth-order valence-corrected chi connectivity index (χ4v) is 7.12. The fourth-order valence-electron chi connectivity index (χ4n) is 7.12. The summed E-state index contributed by atoms with van der Waals surface area (Å²) in [6, 6.07) is 14.5. The summed E-state index contributed by atoms with van der Waals surface area (Å²) in [5, 5.41) is -0.152. The lowest BCUT2D eigenvalue weighted by molar-refractivity contribution is -0.141. The SMILES string of the molecule is Cc1ccc(-c2nc(C)nc(-c3cc(-c4nc(C)nc(-c5ccc(C)nc5C)n4)c4ccc5c(C(F)(F)F)cc(C(F)(F)F)c6ccc3c4c65)n2)c(C)n1. The number of rotatable bonds is 4. The molecule has 4 heterocycles. The Balaban J connectivity index is 1.52. The molecule has 0 radical (unpaired) electrons. The third-order valence-corrected chi connectivity index (χ3v) is 9.42. The predicted octanol–water partition coefficient (Wildman–Crippen LogP) is 10.3. The van der Waals surface area contributed by atoms with E-state index in [0.29, 0.717) is 67.7 Å². The van der Waals surface area contributed by atoms with Gasteiger partial charge in [0.05, 0.1) is 11.1 Å². The van der Waals surface area contributed by atoms with Crippen molar-refractivity contribution >= 4 is 32.3 Å². The van der Waals surface area contributed by atoms with Crippen LogP contribution in [0, 0.1) is 41.5 Å². The molecule has 0 aliphatic heterocycles. The summed E-state index contributed by atoms with van der Waals surface area (Å²) in [5.41, 5.74) is 2.04. The minimum Gasteiger partial charge on any atom is -0.258 e. The molecule has 0 unspecified atom stereocenters. The van der Waals surface area contributed by atoms with Gasteiger partial charge in [0.15, 0.2) is 23.3 Å². The van der Waals surface area contributed by atoms with Crippen LogP contribution >= 0.6 is 0 Å². The van der Waals surface area contributed by atoms with E-state index in [1.807, 2.05) is 52.0 Å². The van der Waals surface area contributed by atoms with Crippen LogP contribution in [-0.4, -0.2) is 39.9 Å². The first-order chi connectivity index (χ1) is 25.5. The maximum Gasteiger partial charge on any atom is 0.417 e. The summed E-state index contributed by atoms with van der Waals surface area (Å²) in [4.78, 5) is 37.1. The number of aromatic nitrogens is 8. The number of aryl methyl sites for hydroxylation is 6. The molecule has 8 nitrogen and oxygen atoms in total. The summed E-state index contributed by atoms with van der Waals surface area (Å²) in [6.45, 7) is 10.7. The van der Waals surface area contributed by atoms with Gasteiger partial charge in [-0.3, -0.25) is 9.97 Å². The van der Waals surface area contributed by atoms with Crippen LogP contribution in [0.2, 0.25) is 0 Å². The third kappa shape index (κ3) is 5.81. The van der Waals surface area contributed by atoms with E-state index in [1.165, 1.54) is 24.3 Å². The fraction of sp³-hybridized carbons (Fsp3) is 0.200. The van der Waals surface area contributed by atoms with E-state index in [2.05, 4.69) is 29.9 Å². The molecule has 0 bridgehead atoms. The van der Waals surface area contributed by atoms with E-state index in [1.54, 1.807) is 19.9 Å². The van der Waals surface area contributed by atoms with Crippen LogP contribution in [0.25, 0.3) is 77.9 Å². The summed E-state index contributed by atoms with van der Waals surface area (Å²) in [5.74, 6) is 1.56. The summed E-state index contributed by atoms with van der Waals surface area (Å²) in [6.07, 6.45) is -10.2. The summed E-state index contributed by atoms with van der Waals surface area (Å²) >= 11 is 0. The van der Waals surface area contributed by atoms with Crippen molar-refractivity contribution in [3.63, 3.8) is 0 Å². The van der Waals surface area contributed by atoms with Crippen molar-refractivity contribution in [3.8, 4) is 45.6 Å². The molecule has 8 aromatic rings. The van der Waals surface area contributed by atoms with Crippen molar-refractivity contribution in [1.82, 2.24) is 39.9 Å². The number of alkyl halides is 6. The summed E-state index contributed by atoms with van der Waals surface area (Å²) in [7, 11) is 0. The van der Waals surface area contributed by atoms with Gasteiger partial charge in [-0.25, -0.2) is 29.9 Å². The molecule has 54 heavy (non-hydrogen) atoms. The van der Waals surface area contributed by atoms with Crippen molar-refractivity contribution in [2.75, 3.05) is 0 Å². The zero-order valence-corrected chi connectivity index (χ0v) is 29.6. The lowest BCUT2D eigenvalue weighted by Crippen LogP contribution is -2.12. The Morgan fingerprint density at radius 1 is 0.370 bits per heavy atom. The molecular formula is C40H28F6N8. The van der Waals surface area contributed by atoms with Gasteiger partial charge in [-0.05, 0) is 110 Å². The van der Waals surface area contributed by atoms with Gasteiger partial charge in [0.1, 0.15) is 11.6 Å². The van der Waals surface area contributed by atoms with Gasteiger partial charge in [0, 0.05) is 45.0 Å². The van der Waals surface area contributed by atoms with Gasteiger partial charge in [-0.1, -0.05) is 24.3 Å². The third-order valence-electron chi connectivity index (χ3n) is 9.42. The average Bonchev–Trinajstić information content (AvgIpc) is 3.08. The van der Waals surface area contributed by atoms with Crippen molar-refractivity contribution < 1.29 is 26.3 Å². The largest absolute Gasteiger partial charge is 0.417 e. The highest BCUT2D eigenvalue weighted by molar-refractivity contribution is 6.28. The Morgan fingerprint density at radius 3 is 1.09 bits per heavy atom. The Labute approximate surface area is 303 Å². The number of nitrogens with zero attached hydrogens (tertiary/aromatic N) is 8. The highest BCUT2D eigenvalue weighted by atomic mass is 19.4. The lowest BCUT2D eigenvalue weighted by atomic mass is 9.85. The quantitative estimate of drug-likeness (QED) is 0.130. The number of benzene rings is 4. The number of pyridine rings is 2. The van der Waals surface area contributed by atoms with Gasteiger partial charge in [0.25, 0.3) is 0 Å². The maximum absolute atomic E-state index is 14.6. The zero-order valence-electron chi connectivity index (χ0n) is 29.6. The molecule has 14 heteroatoms. The molecule has 0 saturated carbocycles. The first kappa shape index (κ1) is 34.9. The average molecular weight is 735 g/mol. The van der Waals surface area contributed by atoms with Crippen LogP contribution in [0.5, 0.6) is 0 Å². The van der Waals surface area contributed by atoms with Crippen molar-refractivity contribution in [2.45, 2.75) is 53.9 Å². The Hall–Kier alpha value is -6.18. The van der Waals surface area contributed by atoms with E-state index < -0.39 is 23.5 Å². The monoisotopic (exact) mass is 734 g/mol. The Kier molecular flexibility index (Phi) is 7.87. The van der Waals surface area contributed by atoms with E-state index >= 15 is 0 Å². The van der Waals surface area contributed by atoms with Crippen LogP contribution in [0.1, 0.15) is 45.6 Å². The zero-order chi connectivity index (χ0) is 38.4. The molecule has 0 aliphatic carbocycles. The van der Waals surface area contributed by atoms with E-state index in [0.717, 1.165) is 11.4 Å². The van der Waals surface area contributed by atoms with Gasteiger partial charge in [-0.15, -0.1) is 0 Å². The topological polar surface area (TPSA) is 103 Å². The molecule has 0 N–H and O–H groups in total. The smallest absolute Gasteiger partial charge is 0.258 e. The summed E-state index contributed by atoms with van der Waals surface area (Å²) < 4.78 is 87.5. The van der Waals surface area contributed by atoms with Crippen molar-refractivity contribution in [2.24, 2.45) is 0 Å². The van der Waals surface area contributed by atoms with Crippen LogP contribution in [0.4, 0.5) is 26.3 Å². The van der Waals surface area contributed by atoms with Crippen LogP contribution in [0.3, 0.4) is 0 Å². The van der Waals surface area contributed by atoms with Crippen LogP contribution in [-0.2, 0) is 12.4 Å². The van der Waals surface area contributed by atoms with Crippen LogP contribution < -0.4 is 0 Å². The molecule has 0 aliphatic rings. The molecule has 4 aromatic heterocycles. The molecule has 270 valence electrons. The minimum absolute atomic E-state index is 0.147. The van der Waals surface area contributed by atoms with E-state index in [-0.39, 0.29) is 39.3 Å². The molecule has 0 saturated heterocycles. The molecule has 0 atom stereocenters. The van der Waals surface area contributed by atoms with Crippen LogP contribution in [0.15, 0.2) is 60.7 Å². The number of hydrogen-bond donors (Lipinski definition) is 0. The Bertz CT molecular complexity index is 2650. The normalized spacial score (nSPS) is 12.4. The van der Waals surface area contributed by atoms with Crippen molar-refractivity contribution in [1.29, 1.82) is 0 Å². The van der Waals surface area contributed by atoms with Gasteiger partial charge >= 0.3 is 12.4 Å². The standard InChI is InChI=1S/C40H28F6N8/c1-17-7-9-23(19(3)47-17)35-49-21(5)51-37(53-35)29-15-30(38-52-22(6)50-36(54-38)24-10-8-18(2)48-20(24)4)26-12-14-28-32(40(44,45)46)16-31(39(41,42)43)27-13-11-25(29)33(26)34(27)28/h7-16H,1-6H3. The predicted molar refractivity (Wildman–Crippen MR) is 193 cm³/mol. The second-order valence-electron chi connectivity index (χ2n) is 13.2. The van der Waals surface area contributed by atoms with E-state index in [9.17, 15) is 26.3 Å². The maximum atomic E-state index is 14.6. The van der Waals surface area contributed by atoms with Gasteiger partial charge < -0.3 is 0 Å². The highest BCUT2D eigenvalue weighted by Gasteiger charge is 2.40. The molecular weight excluding hydrogens is 706 g/mol. The first-order valence-electron chi connectivity index (χ1n) is 16.8. The second kappa shape index (κ2) is 12.2. The molecule has 0 fully saturated rings. The lowest BCUT2D eigenvalue weighted by Gasteiger charge is -2.22. The van der Waals surface area contributed by atoms with Gasteiger partial charge in [-0.2, -0.15) is 26.3 Å². The van der Waals surface area contributed by atoms with E-state index in [4.69, 9.17) is 9.97 Å². The minimum atomic E-state index is -5.09. The molecule has 8 rings (SSSR count). The second-order valence-corrected chi connectivity index (χ2v) is 13.2. The highest BCUT2D eigenvalue weighted by Crippen LogP contribution is 2.49. The van der Waals surface area contributed by atoms with Crippen molar-refractivity contribution in [3.05, 3.63) is 106 Å². The molecule has 0 spiro atoms. The number of halogens is 6. The Morgan fingerprint density at radius 2 is 0.722 bits per heavy atom. The molecule has 0 amide bonds. The first-order valence-corrected chi connectivity index (χ1v) is 16.8. The number of hydrogen-bond acceptors (Lipinski definition) is 8. The van der Waals surface area contributed by atoms with Gasteiger partial charge in [0.2, 0.25) is 0 Å².